The van der Waals surface area contributed by atoms with Gasteiger partial charge in [0.25, 0.3) is 0 Å². The first kappa shape index (κ1) is 17.0. The zero-order valence-corrected chi connectivity index (χ0v) is 12.9. The van der Waals surface area contributed by atoms with Crippen LogP contribution in [0.4, 0.5) is 0 Å². The minimum atomic E-state index is -0.736. The highest BCUT2D eigenvalue weighted by molar-refractivity contribution is 8.00. The zero-order chi connectivity index (χ0) is 14.8. The number of hydrogen-bond acceptors (Lipinski definition) is 4. The molecule has 0 radical (unpaired) electrons. The van der Waals surface area contributed by atoms with E-state index in [0.717, 1.165) is 30.0 Å². The van der Waals surface area contributed by atoms with Gasteiger partial charge in [0, 0.05) is 25.1 Å². The molecule has 0 aromatic heterocycles. The minimum absolute atomic E-state index is 0.364. The summed E-state index contributed by atoms with van der Waals surface area (Å²) in [5, 5.41) is 12.1. The summed E-state index contributed by atoms with van der Waals surface area (Å²) in [6, 6.07) is 8.03. The number of rotatable bonds is 10. The highest BCUT2D eigenvalue weighted by Gasteiger charge is 2.17. The molecule has 1 aromatic rings. The van der Waals surface area contributed by atoms with Gasteiger partial charge in [0.15, 0.2) is 0 Å². The second kappa shape index (κ2) is 9.80. The molecule has 1 rings (SSSR count). The number of methoxy groups -OCH3 is 1. The van der Waals surface area contributed by atoms with Gasteiger partial charge in [-0.05, 0) is 24.1 Å². The summed E-state index contributed by atoms with van der Waals surface area (Å²) in [4.78, 5) is 12.2. The molecule has 1 aromatic carbocycles. The molecular formula is C15H23NO3S. The van der Waals surface area contributed by atoms with Crippen LogP contribution in [0.3, 0.4) is 0 Å². The van der Waals surface area contributed by atoms with Gasteiger partial charge in [0.1, 0.15) is 5.25 Å². The Balaban J connectivity index is 2.55. The molecular weight excluding hydrogens is 274 g/mol. The summed E-state index contributed by atoms with van der Waals surface area (Å²) < 4.78 is 4.98. The van der Waals surface area contributed by atoms with E-state index in [9.17, 15) is 9.90 Å². The van der Waals surface area contributed by atoms with E-state index >= 15 is 0 Å². The van der Waals surface area contributed by atoms with Crippen molar-refractivity contribution >= 4 is 17.7 Å². The Morgan fingerprint density at radius 2 is 2.30 bits per heavy atom. The number of carboxylic acid groups (broad SMARTS) is 1. The van der Waals surface area contributed by atoms with E-state index < -0.39 is 5.97 Å². The van der Waals surface area contributed by atoms with Crippen LogP contribution in [0.25, 0.3) is 0 Å². The topological polar surface area (TPSA) is 58.6 Å². The fraction of sp³-hybridized carbons (Fsp3) is 0.533. The fourth-order valence-corrected chi connectivity index (χ4v) is 2.95. The maximum absolute atomic E-state index is 11.2. The first-order valence-electron chi connectivity index (χ1n) is 6.85. The third-order valence-corrected chi connectivity index (χ3v) is 4.06. The molecule has 0 spiro atoms. The van der Waals surface area contributed by atoms with Gasteiger partial charge in [-0.3, -0.25) is 4.79 Å². The number of aliphatic carboxylic acids is 1. The maximum atomic E-state index is 11.2. The smallest absolute Gasteiger partial charge is 0.316 e. The van der Waals surface area contributed by atoms with E-state index in [4.69, 9.17) is 4.74 Å². The third kappa shape index (κ3) is 6.41. The van der Waals surface area contributed by atoms with E-state index in [1.165, 1.54) is 11.8 Å². The van der Waals surface area contributed by atoms with E-state index in [1.807, 2.05) is 25.1 Å². The molecule has 0 amide bonds. The fourth-order valence-electron chi connectivity index (χ4n) is 1.79. The Kier molecular flexibility index (Phi) is 8.34. The summed E-state index contributed by atoms with van der Waals surface area (Å²) in [7, 11) is 1.68. The molecule has 0 aliphatic heterocycles. The summed E-state index contributed by atoms with van der Waals surface area (Å²) in [6.07, 6.45) is 1.57. The Morgan fingerprint density at radius 1 is 1.50 bits per heavy atom. The molecule has 0 saturated carbocycles. The van der Waals surface area contributed by atoms with Gasteiger partial charge in [-0.2, -0.15) is 0 Å². The van der Waals surface area contributed by atoms with Crippen molar-refractivity contribution in [1.29, 1.82) is 0 Å². The van der Waals surface area contributed by atoms with Crippen molar-refractivity contribution in [2.75, 3.05) is 20.3 Å². The number of thioether (sulfide) groups is 1. The third-order valence-electron chi connectivity index (χ3n) is 2.82. The summed E-state index contributed by atoms with van der Waals surface area (Å²) >= 11 is 1.43. The van der Waals surface area contributed by atoms with Gasteiger partial charge < -0.3 is 15.2 Å². The molecule has 0 heterocycles. The van der Waals surface area contributed by atoms with Crippen LogP contribution >= 0.6 is 11.8 Å². The van der Waals surface area contributed by atoms with Crippen molar-refractivity contribution in [2.24, 2.45) is 0 Å². The van der Waals surface area contributed by atoms with Crippen LogP contribution in [0.15, 0.2) is 29.2 Å². The average molecular weight is 297 g/mol. The van der Waals surface area contributed by atoms with Crippen molar-refractivity contribution < 1.29 is 14.6 Å². The molecule has 0 aliphatic carbocycles. The molecule has 0 saturated heterocycles. The largest absolute Gasteiger partial charge is 0.480 e. The number of carboxylic acids is 1. The monoisotopic (exact) mass is 297 g/mol. The van der Waals surface area contributed by atoms with Crippen molar-refractivity contribution in [2.45, 2.75) is 36.5 Å². The van der Waals surface area contributed by atoms with Crippen LogP contribution in [0.2, 0.25) is 0 Å². The lowest BCUT2D eigenvalue weighted by atomic mass is 10.2. The molecule has 1 unspecified atom stereocenters. The first-order valence-corrected chi connectivity index (χ1v) is 7.73. The number of hydrogen-bond donors (Lipinski definition) is 2. The molecule has 5 heteroatoms. The lowest BCUT2D eigenvalue weighted by molar-refractivity contribution is -0.136. The van der Waals surface area contributed by atoms with Crippen molar-refractivity contribution in [3.63, 3.8) is 0 Å². The van der Waals surface area contributed by atoms with E-state index in [2.05, 4.69) is 11.4 Å². The second-order valence-corrected chi connectivity index (χ2v) is 5.83. The first-order chi connectivity index (χ1) is 9.67. The van der Waals surface area contributed by atoms with Crippen molar-refractivity contribution in [3.8, 4) is 0 Å². The molecule has 4 nitrogen and oxygen atoms in total. The molecule has 112 valence electrons. The van der Waals surface area contributed by atoms with Gasteiger partial charge in [-0.1, -0.05) is 25.5 Å². The Labute approximate surface area is 124 Å². The van der Waals surface area contributed by atoms with Crippen molar-refractivity contribution in [1.82, 2.24) is 5.32 Å². The number of benzene rings is 1. The number of ether oxygens (including phenoxy) is 1. The summed E-state index contributed by atoms with van der Waals surface area (Å²) in [6.45, 7) is 4.27. The highest BCUT2D eigenvalue weighted by atomic mass is 32.2. The normalized spacial score (nSPS) is 12.3. The van der Waals surface area contributed by atoms with Gasteiger partial charge in [-0.15, -0.1) is 11.8 Å². The van der Waals surface area contributed by atoms with E-state index in [1.54, 1.807) is 7.11 Å². The quantitative estimate of drug-likeness (QED) is 0.514. The molecule has 2 N–H and O–H groups in total. The van der Waals surface area contributed by atoms with E-state index in [0.29, 0.717) is 13.0 Å². The standard InChI is InChI=1S/C15H23NO3S/c1-3-5-14(15(17)18)20-13-7-4-6-12(10-13)11-16-8-9-19-2/h4,6-7,10,14,16H,3,5,8-9,11H2,1-2H3,(H,17,18). The maximum Gasteiger partial charge on any atom is 0.316 e. The molecule has 1 atom stereocenters. The van der Waals surface area contributed by atoms with Crippen LogP contribution in [0, 0.1) is 0 Å². The Morgan fingerprint density at radius 3 is 2.95 bits per heavy atom. The lowest BCUT2D eigenvalue weighted by Gasteiger charge is -2.12. The highest BCUT2D eigenvalue weighted by Crippen LogP contribution is 2.27. The lowest BCUT2D eigenvalue weighted by Crippen LogP contribution is -2.18. The Hall–Kier alpha value is -1.04. The predicted molar refractivity (Wildman–Crippen MR) is 82.2 cm³/mol. The van der Waals surface area contributed by atoms with Crippen LogP contribution in [-0.4, -0.2) is 36.6 Å². The van der Waals surface area contributed by atoms with E-state index in [-0.39, 0.29) is 5.25 Å². The molecule has 0 bridgehead atoms. The van der Waals surface area contributed by atoms with Gasteiger partial charge in [0.2, 0.25) is 0 Å². The van der Waals surface area contributed by atoms with Gasteiger partial charge >= 0.3 is 5.97 Å². The second-order valence-electron chi connectivity index (χ2n) is 4.55. The van der Waals surface area contributed by atoms with Crippen LogP contribution < -0.4 is 5.32 Å². The summed E-state index contributed by atoms with van der Waals surface area (Å²) in [5.74, 6) is -0.736. The van der Waals surface area contributed by atoms with Crippen LogP contribution in [0.1, 0.15) is 25.3 Å². The van der Waals surface area contributed by atoms with Crippen molar-refractivity contribution in [3.05, 3.63) is 29.8 Å². The van der Waals surface area contributed by atoms with Crippen LogP contribution in [-0.2, 0) is 16.1 Å². The molecule has 0 aliphatic rings. The SMILES string of the molecule is CCCC(Sc1cccc(CNCCOC)c1)C(=O)O. The minimum Gasteiger partial charge on any atom is -0.480 e. The number of nitrogens with one attached hydrogen (secondary N) is 1. The predicted octanol–water partition coefficient (Wildman–Crippen LogP) is 2.77. The van der Waals surface area contributed by atoms with Crippen LogP contribution in [0.5, 0.6) is 0 Å². The molecule has 0 fully saturated rings. The summed E-state index contributed by atoms with van der Waals surface area (Å²) in [5.41, 5.74) is 1.16. The number of carbonyl (C=O) groups is 1. The Bertz CT molecular complexity index is 412. The average Bonchev–Trinajstić information content (AvgIpc) is 2.43. The van der Waals surface area contributed by atoms with Gasteiger partial charge in [0.05, 0.1) is 6.61 Å². The van der Waals surface area contributed by atoms with Gasteiger partial charge in [-0.25, -0.2) is 0 Å². The zero-order valence-electron chi connectivity index (χ0n) is 12.1. The molecule has 20 heavy (non-hydrogen) atoms.